The molecule has 0 saturated carbocycles. The normalized spacial score (nSPS) is 25.4. The van der Waals surface area contributed by atoms with Gasteiger partial charge in [-0.15, -0.1) is 12.4 Å². The predicted molar refractivity (Wildman–Crippen MR) is 97.3 cm³/mol. The SMILES string of the molecule is Cl.O=C(CC1CSCCN1)NC(c1ccccc1)C1CCCO1. The molecule has 0 radical (unpaired) electrons. The van der Waals surface area contributed by atoms with E-state index in [1.165, 1.54) is 0 Å². The van der Waals surface area contributed by atoms with E-state index in [4.69, 9.17) is 4.74 Å². The number of nitrogens with one attached hydrogen (secondary N) is 2. The second kappa shape index (κ2) is 9.52. The first-order chi connectivity index (χ1) is 10.8. The lowest BCUT2D eigenvalue weighted by Crippen LogP contribution is -2.43. The Bertz CT molecular complexity index is 477. The minimum Gasteiger partial charge on any atom is -0.376 e. The summed E-state index contributed by atoms with van der Waals surface area (Å²) in [6.45, 7) is 1.79. The second-order valence-corrected chi connectivity index (χ2v) is 7.09. The molecule has 4 nitrogen and oxygen atoms in total. The third kappa shape index (κ3) is 5.38. The smallest absolute Gasteiger partial charge is 0.222 e. The highest BCUT2D eigenvalue weighted by atomic mass is 35.5. The number of carbonyl (C=O) groups excluding carboxylic acids is 1. The maximum absolute atomic E-state index is 12.4. The van der Waals surface area contributed by atoms with E-state index in [2.05, 4.69) is 22.8 Å². The van der Waals surface area contributed by atoms with Crippen molar-refractivity contribution in [3.8, 4) is 0 Å². The third-order valence-corrected chi connectivity index (χ3v) is 5.37. The molecule has 2 saturated heterocycles. The average molecular weight is 357 g/mol. The molecule has 6 heteroatoms. The molecule has 128 valence electrons. The molecule has 1 aromatic carbocycles. The molecule has 2 aliphatic heterocycles. The summed E-state index contributed by atoms with van der Waals surface area (Å²) < 4.78 is 5.83. The molecule has 2 heterocycles. The number of rotatable bonds is 5. The van der Waals surface area contributed by atoms with Gasteiger partial charge in [0.05, 0.1) is 12.1 Å². The largest absolute Gasteiger partial charge is 0.376 e. The maximum Gasteiger partial charge on any atom is 0.222 e. The van der Waals surface area contributed by atoms with Crippen LogP contribution in [0.5, 0.6) is 0 Å². The minimum absolute atomic E-state index is 0. The average Bonchev–Trinajstić information content (AvgIpc) is 3.08. The van der Waals surface area contributed by atoms with Gasteiger partial charge in [-0.25, -0.2) is 0 Å². The van der Waals surface area contributed by atoms with Gasteiger partial charge in [0.15, 0.2) is 0 Å². The van der Waals surface area contributed by atoms with Crippen LogP contribution in [0.25, 0.3) is 0 Å². The van der Waals surface area contributed by atoms with Crippen molar-refractivity contribution in [2.75, 3.05) is 24.7 Å². The highest BCUT2D eigenvalue weighted by Gasteiger charge is 2.29. The molecule has 2 fully saturated rings. The third-order valence-electron chi connectivity index (χ3n) is 4.24. The predicted octanol–water partition coefficient (Wildman–Crippen LogP) is 2.54. The van der Waals surface area contributed by atoms with Crippen LogP contribution in [0.2, 0.25) is 0 Å². The zero-order valence-corrected chi connectivity index (χ0v) is 14.8. The number of hydrogen-bond donors (Lipinski definition) is 2. The van der Waals surface area contributed by atoms with E-state index in [1.807, 2.05) is 30.0 Å². The Hall–Kier alpha value is -0.750. The monoisotopic (exact) mass is 356 g/mol. The van der Waals surface area contributed by atoms with Gasteiger partial charge in [-0.2, -0.15) is 11.8 Å². The lowest BCUT2D eigenvalue weighted by molar-refractivity contribution is -0.123. The topological polar surface area (TPSA) is 50.4 Å². The molecule has 3 atom stereocenters. The fourth-order valence-electron chi connectivity index (χ4n) is 3.12. The van der Waals surface area contributed by atoms with Crippen LogP contribution in [0, 0.1) is 0 Å². The summed E-state index contributed by atoms with van der Waals surface area (Å²) in [5, 5.41) is 6.63. The fourth-order valence-corrected chi connectivity index (χ4v) is 4.07. The number of amides is 1. The molecule has 3 rings (SSSR count). The quantitative estimate of drug-likeness (QED) is 0.851. The van der Waals surface area contributed by atoms with Crippen molar-refractivity contribution >= 4 is 30.1 Å². The van der Waals surface area contributed by atoms with E-state index >= 15 is 0 Å². The lowest BCUT2D eigenvalue weighted by Gasteiger charge is -2.27. The molecule has 1 amide bonds. The number of halogens is 1. The van der Waals surface area contributed by atoms with Crippen LogP contribution in [0.15, 0.2) is 30.3 Å². The molecular weight excluding hydrogens is 332 g/mol. The Kier molecular flexibility index (Phi) is 7.70. The van der Waals surface area contributed by atoms with Crippen LogP contribution in [0.3, 0.4) is 0 Å². The summed E-state index contributed by atoms with van der Waals surface area (Å²) in [4.78, 5) is 12.4. The zero-order valence-electron chi connectivity index (χ0n) is 13.2. The van der Waals surface area contributed by atoms with Crippen molar-refractivity contribution in [2.24, 2.45) is 0 Å². The Balaban J connectivity index is 0.00000192. The molecule has 2 aliphatic rings. The molecule has 3 unspecified atom stereocenters. The van der Waals surface area contributed by atoms with E-state index in [0.29, 0.717) is 12.5 Å². The zero-order chi connectivity index (χ0) is 15.2. The van der Waals surface area contributed by atoms with Crippen molar-refractivity contribution in [3.05, 3.63) is 35.9 Å². The summed E-state index contributed by atoms with van der Waals surface area (Å²) in [5.41, 5.74) is 1.13. The van der Waals surface area contributed by atoms with Gasteiger partial charge in [0.2, 0.25) is 5.91 Å². The van der Waals surface area contributed by atoms with Crippen molar-refractivity contribution in [3.63, 3.8) is 0 Å². The Morgan fingerprint density at radius 1 is 1.39 bits per heavy atom. The maximum atomic E-state index is 12.4. The van der Waals surface area contributed by atoms with Crippen molar-refractivity contribution in [1.82, 2.24) is 10.6 Å². The summed E-state index contributed by atoms with van der Waals surface area (Å²) in [5.74, 6) is 2.27. The Morgan fingerprint density at radius 2 is 2.22 bits per heavy atom. The summed E-state index contributed by atoms with van der Waals surface area (Å²) >= 11 is 1.92. The Morgan fingerprint density at radius 3 is 2.87 bits per heavy atom. The molecule has 0 aromatic heterocycles. The molecule has 23 heavy (non-hydrogen) atoms. The highest BCUT2D eigenvalue weighted by molar-refractivity contribution is 7.99. The van der Waals surface area contributed by atoms with Gasteiger partial charge in [0.25, 0.3) is 0 Å². The van der Waals surface area contributed by atoms with Gasteiger partial charge >= 0.3 is 0 Å². The van der Waals surface area contributed by atoms with E-state index < -0.39 is 0 Å². The van der Waals surface area contributed by atoms with E-state index in [0.717, 1.165) is 43.1 Å². The molecular formula is C17H25ClN2O2S. The molecule has 0 aliphatic carbocycles. The van der Waals surface area contributed by atoms with E-state index in [1.54, 1.807) is 0 Å². The van der Waals surface area contributed by atoms with Crippen LogP contribution in [-0.2, 0) is 9.53 Å². The molecule has 0 bridgehead atoms. The van der Waals surface area contributed by atoms with E-state index in [-0.39, 0.29) is 30.5 Å². The number of carbonyl (C=O) groups is 1. The second-order valence-electron chi connectivity index (χ2n) is 5.94. The van der Waals surface area contributed by atoms with Crippen LogP contribution in [-0.4, -0.2) is 42.7 Å². The summed E-state index contributed by atoms with van der Waals surface area (Å²) in [7, 11) is 0. The van der Waals surface area contributed by atoms with Crippen molar-refractivity contribution in [2.45, 2.75) is 37.5 Å². The summed E-state index contributed by atoms with van der Waals surface area (Å²) in [6.07, 6.45) is 2.73. The first-order valence-electron chi connectivity index (χ1n) is 8.10. The van der Waals surface area contributed by atoms with Gasteiger partial charge in [0, 0.05) is 37.1 Å². The van der Waals surface area contributed by atoms with Gasteiger partial charge in [-0.3, -0.25) is 4.79 Å². The molecule has 0 spiro atoms. The van der Waals surface area contributed by atoms with Gasteiger partial charge < -0.3 is 15.4 Å². The summed E-state index contributed by atoms with van der Waals surface area (Å²) in [6, 6.07) is 10.4. The van der Waals surface area contributed by atoms with Crippen LogP contribution < -0.4 is 10.6 Å². The highest BCUT2D eigenvalue weighted by Crippen LogP contribution is 2.27. The van der Waals surface area contributed by atoms with Crippen LogP contribution >= 0.6 is 24.2 Å². The Labute approximate surface area is 148 Å². The molecule has 2 N–H and O–H groups in total. The fraction of sp³-hybridized carbons (Fsp3) is 0.588. The van der Waals surface area contributed by atoms with E-state index in [9.17, 15) is 4.79 Å². The van der Waals surface area contributed by atoms with Gasteiger partial charge in [-0.05, 0) is 18.4 Å². The van der Waals surface area contributed by atoms with Crippen LogP contribution in [0.4, 0.5) is 0 Å². The number of hydrogen-bond acceptors (Lipinski definition) is 4. The first kappa shape index (κ1) is 18.6. The number of thioether (sulfide) groups is 1. The lowest BCUT2D eigenvalue weighted by atomic mass is 9.99. The van der Waals surface area contributed by atoms with Crippen molar-refractivity contribution in [1.29, 1.82) is 0 Å². The van der Waals surface area contributed by atoms with Gasteiger partial charge in [-0.1, -0.05) is 30.3 Å². The van der Waals surface area contributed by atoms with Gasteiger partial charge in [0.1, 0.15) is 0 Å². The number of benzene rings is 1. The minimum atomic E-state index is -0.0348. The first-order valence-corrected chi connectivity index (χ1v) is 9.25. The van der Waals surface area contributed by atoms with Crippen LogP contribution in [0.1, 0.15) is 30.9 Å². The number of ether oxygens (including phenoxy) is 1. The van der Waals surface area contributed by atoms with Crippen molar-refractivity contribution < 1.29 is 9.53 Å². The standard InChI is InChI=1S/C17H24N2O2S.ClH/c20-16(11-14-12-22-10-8-18-14)19-17(15-7-4-9-21-15)13-5-2-1-3-6-13;/h1-3,5-6,14-15,17-18H,4,7-12H2,(H,19,20);1H. The molecule has 1 aromatic rings.